The fourth-order valence-corrected chi connectivity index (χ4v) is 4.33. The second kappa shape index (κ2) is 5.09. The summed E-state index contributed by atoms with van der Waals surface area (Å²) in [6.07, 6.45) is 7.05. The van der Waals surface area contributed by atoms with Crippen molar-refractivity contribution in [2.24, 2.45) is 0 Å². The second-order valence-electron chi connectivity index (χ2n) is 4.61. The number of carbonyl (C=O) groups excluding carboxylic acids is 1. The van der Waals surface area contributed by atoms with E-state index < -0.39 is 0 Å². The van der Waals surface area contributed by atoms with Crippen LogP contribution in [0.2, 0.25) is 0 Å². The van der Waals surface area contributed by atoms with Gasteiger partial charge in [0.15, 0.2) is 0 Å². The third-order valence-electron chi connectivity index (χ3n) is 3.43. The fraction of sp³-hybridized carbons (Fsp3) is 0.909. The lowest BCUT2D eigenvalue weighted by Crippen LogP contribution is -2.50. The molecule has 1 saturated carbocycles. The van der Waals surface area contributed by atoms with Gasteiger partial charge in [-0.1, -0.05) is 28.8 Å². The molecule has 1 atom stereocenters. The summed E-state index contributed by atoms with van der Waals surface area (Å²) in [6.45, 7) is 0. The Bertz CT molecular complexity index is 235. The lowest BCUT2D eigenvalue weighted by molar-refractivity contribution is -0.122. The molecule has 4 heteroatoms. The number of carbonyl (C=O) groups is 1. The summed E-state index contributed by atoms with van der Waals surface area (Å²) in [4.78, 5) is 12.0. The van der Waals surface area contributed by atoms with Crippen LogP contribution < -0.4 is 5.32 Å². The van der Waals surface area contributed by atoms with Crippen LogP contribution in [-0.4, -0.2) is 27.8 Å². The summed E-state index contributed by atoms with van der Waals surface area (Å²) in [5.41, 5.74) is 0.0697. The molecule has 2 fully saturated rings. The molecule has 0 bridgehead atoms. The van der Waals surface area contributed by atoms with Gasteiger partial charge < -0.3 is 5.32 Å². The van der Waals surface area contributed by atoms with Crippen molar-refractivity contribution in [3.8, 4) is 0 Å². The summed E-state index contributed by atoms with van der Waals surface area (Å²) in [5, 5.41) is 4.41. The van der Waals surface area contributed by atoms with Gasteiger partial charge in [-0.05, 0) is 31.4 Å². The maximum absolute atomic E-state index is 12.0. The van der Waals surface area contributed by atoms with Gasteiger partial charge in [0.05, 0.1) is 5.25 Å². The van der Waals surface area contributed by atoms with E-state index in [0.29, 0.717) is 0 Å². The van der Waals surface area contributed by atoms with E-state index in [1.54, 1.807) is 0 Å². The molecule has 2 nitrogen and oxygen atoms in total. The van der Waals surface area contributed by atoms with Crippen molar-refractivity contribution in [1.82, 2.24) is 5.32 Å². The number of amides is 1. The average molecular weight is 292 g/mol. The van der Waals surface area contributed by atoms with Gasteiger partial charge in [-0.25, -0.2) is 0 Å². The van der Waals surface area contributed by atoms with E-state index in [4.69, 9.17) is 0 Å². The predicted molar refractivity (Wildman–Crippen MR) is 68.6 cm³/mol. The first-order valence-corrected chi connectivity index (χ1v) is 7.92. The molecule has 86 valence electrons. The Labute approximate surface area is 104 Å². The SMILES string of the molecule is O=C(NC1(CBr)CCCC1)C1CCCS1. The summed E-state index contributed by atoms with van der Waals surface area (Å²) >= 11 is 5.36. The summed E-state index contributed by atoms with van der Waals surface area (Å²) in [7, 11) is 0. The molecule has 0 radical (unpaired) electrons. The Morgan fingerprint density at radius 1 is 1.40 bits per heavy atom. The highest BCUT2D eigenvalue weighted by Crippen LogP contribution is 2.33. The number of halogens is 1. The van der Waals surface area contributed by atoms with Gasteiger partial charge in [0.1, 0.15) is 0 Å². The minimum Gasteiger partial charge on any atom is -0.349 e. The molecule has 1 saturated heterocycles. The number of rotatable bonds is 3. The van der Waals surface area contributed by atoms with Crippen LogP contribution in [-0.2, 0) is 4.79 Å². The monoisotopic (exact) mass is 291 g/mol. The van der Waals surface area contributed by atoms with Crippen molar-refractivity contribution < 1.29 is 4.79 Å². The van der Waals surface area contributed by atoms with Crippen LogP contribution in [0.1, 0.15) is 38.5 Å². The molecule has 0 aromatic rings. The highest BCUT2D eigenvalue weighted by Gasteiger charge is 2.36. The van der Waals surface area contributed by atoms with Gasteiger partial charge in [0.2, 0.25) is 5.91 Å². The standard InChI is InChI=1S/C11H18BrNOS/c12-8-11(5-1-2-6-11)13-10(14)9-4-3-7-15-9/h9H,1-8H2,(H,13,14). The van der Waals surface area contributed by atoms with Crippen LogP contribution in [0.15, 0.2) is 0 Å². The molecule has 2 aliphatic rings. The zero-order valence-corrected chi connectivity index (χ0v) is 11.3. The van der Waals surface area contributed by atoms with Crippen LogP contribution in [0.5, 0.6) is 0 Å². The lowest BCUT2D eigenvalue weighted by atomic mass is 10.0. The normalized spacial score (nSPS) is 29.3. The smallest absolute Gasteiger partial charge is 0.233 e. The predicted octanol–water partition coefficient (Wildman–Crippen LogP) is 2.71. The van der Waals surface area contributed by atoms with Gasteiger partial charge in [0.25, 0.3) is 0 Å². The van der Waals surface area contributed by atoms with Gasteiger partial charge in [0, 0.05) is 10.9 Å². The zero-order valence-electron chi connectivity index (χ0n) is 8.93. The molecule has 1 N–H and O–H groups in total. The minimum absolute atomic E-state index is 0.0697. The van der Waals surface area contributed by atoms with Gasteiger partial charge >= 0.3 is 0 Å². The zero-order chi connectivity index (χ0) is 10.7. The van der Waals surface area contributed by atoms with Crippen molar-refractivity contribution in [2.45, 2.75) is 49.3 Å². The molecule has 0 spiro atoms. The molecular formula is C11H18BrNOS. The van der Waals surface area contributed by atoms with Gasteiger partial charge in [-0.15, -0.1) is 11.8 Å². The highest BCUT2D eigenvalue weighted by atomic mass is 79.9. The van der Waals surface area contributed by atoms with E-state index in [0.717, 1.165) is 30.3 Å². The third kappa shape index (κ3) is 2.70. The highest BCUT2D eigenvalue weighted by molar-refractivity contribution is 9.09. The molecule has 1 aliphatic heterocycles. The summed E-state index contributed by atoms with van der Waals surface area (Å²) in [6, 6.07) is 0. The summed E-state index contributed by atoms with van der Waals surface area (Å²) < 4.78 is 0. The molecule has 1 amide bonds. The fourth-order valence-electron chi connectivity index (χ4n) is 2.47. The Morgan fingerprint density at radius 2 is 2.13 bits per heavy atom. The maximum atomic E-state index is 12.0. The van der Waals surface area contributed by atoms with E-state index in [9.17, 15) is 4.79 Å². The molecule has 15 heavy (non-hydrogen) atoms. The van der Waals surface area contributed by atoms with Crippen LogP contribution in [0, 0.1) is 0 Å². The molecule has 0 aromatic carbocycles. The average Bonchev–Trinajstić information content (AvgIpc) is 2.88. The van der Waals surface area contributed by atoms with E-state index >= 15 is 0 Å². The maximum Gasteiger partial charge on any atom is 0.233 e. The first kappa shape index (κ1) is 11.8. The first-order valence-electron chi connectivity index (χ1n) is 5.75. The van der Waals surface area contributed by atoms with E-state index in [-0.39, 0.29) is 16.7 Å². The van der Waals surface area contributed by atoms with E-state index in [2.05, 4.69) is 21.2 Å². The van der Waals surface area contributed by atoms with Crippen LogP contribution in [0.25, 0.3) is 0 Å². The van der Waals surface area contributed by atoms with Crippen molar-refractivity contribution in [3.63, 3.8) is 0 Å². The Hall–Kier alpha value is 0.300. The number of hydrogen-bond acceptors (Lipinski definition) is 2. The number of alkyl halides is 1. The van der Waals surface area contributed by atoms with Crippen molar-refractivity contribution in [1.29, 1.82) is 0 Å². The molecule has 0 aromatic heterocycles. The van der Waals surface area contributed by atoms with Crippen molar-refractivity contribution >= 4 is 33.6 Å². The van der Waals surface area contributed by atoms with E-state index in [1.165, 1.54) is 19.3 Å². The van der Waals surface area contributed by atoms with Crippen molar-refractivity contribution in [3.05, 3.63) is 0 Å². The minimum atomic E-state index is 0.0697. The molecule has 1 aliphatic carbocycles. The topological polar surface area (TPSA) is 29.1 Å². The Morgan fingerprint density at radius 3 is 2.67 bits per heavy atom. The van der Waals surface area contributed by atoms with Crippen LogP contribution in [0.3, 0.4) is 0 Å². The Balaban J connectivity index is 1.91. The lowest BCUT2D eigenvalue weighted by Gasteiger charge is -2.29. The Kier molecular flexibility index (Phi) is 3.99. The summed E-state index contributed by atoms with van der Waals surface area (Å²) in [5.74, 6) is 1.43. The van der Waals surface area contributed by atoms with Gasteiger partial charge in [-0.3, -0.25) is 4.79 Å². The van der Waals surface area contributed by atoms with E-state index in [1.807, 2.05) is 11.8 Å². The molecule has 1 unspecified atom stereocenters. The molecule has 1 heterocycles. The quantitative estimate of drug-likeness (QED) is 0.810. The second-order valence-corrected chi connectivity index (χ2v) is 6.48. The van der Waals surface area contributed by atoms with Crippen molar-refractivity contribution in [2.75, 3.05) is 11.1 Å². The number of nitrogens with one attached hydrogen (secondary N) is 1. The van der Waals surface area contributed by atoms with Gasteiger partial charge in [-0.2, -0.15) is 0 Å². The molecule has 2 rings (SSSR count). The third-order valence-corrected chi connectivity index (χ3v) is 5.88. The number of thioether (sulfide) groups is 1. The van der Waals surface area contributed by atoms with Crippen LogP contribution >= 0.6 is 27.7 Å². The van der Waals surface area contributed by atoms with Crippen LogP contribution in [0.4, 0.5) is 0 Å². The number of hydrogen-bond donors (Lipinski definition) is 1. The largest absolute Gasteiger partial charge is 0.349 e. The first-order chi connectivity index (χ1) is 7.26. The molecular weight excluding hydrogens is 274 g/mol.